The summed E-state index contributed by atoms with van der Waals surface area (Å²) in [6, 6.07) is 0.150. The lowest BCUT2D eigenvalue weighted by molar-refractivity contribution is 0.0978. The van der Waals surface area contributed by atoms with Gasteiger partial charge in [0.05, 0.1) is 0 Å². The Bertz CT molecular complexity index is 200. The molecule has 0 rings (SSSR count). The summed E-state index contributed by atoms with van der Waals surface area (Å²) in [7, 11) is 0.652. The third kappa shape index (κ3) is 6.06. The number of carbonyl (C=O) groups is 1. The lowest BCUT2D eigenvalue weighted by Gasteiger charge is -2.26. The van der Waals surface area contributed by atoms with Crippen molar-refractivity contribution in [3.05, 3.63) is 0 Å². The number of rotatable bonds is 9. The Morgan fingerprint density at radius 1 is 1.38 bits per heavy atom. The van der Waals surface area contributed by atoms with E-state index in [1.807, 2.05) is 6.92 Å². The smallest absolute Gasteiger partial charge is 0.377 e. The third-order valence-corrected chi connectivity index (χ3v) is 4.96. The van der Waals surface area contributed by atoms with Crippen molar-refractivity contribution in [1.82, 2.24) is 5.32 Å². The quantitative estimate of drug-likeness (QED) is 0.466. The second-order valence-electron chi connectivity index (χ2n) is 3.33. The van der Waals surface area contributed by atoms with Crippen LogP contribution in [0.3, 0.4) is 0 Å². The number of carbonyl (C=O) groups excluding carboxylic acids is 1. The van der Waals surface area contributed by atoms with Gasteiger partial charge in [0.2, 0.25) is 0 Å². The Morgan fingerprint density at radius 2 is 2.00 bits per heavy atom. The monoisotopic (exact) mass is 250 g/mol. The first-order valence-electron chi connectivity index (χ1n) is 5.37. The van der Waals surface area contributed by atoms with Crippen molar-refractivity contribution in [3.8, 4) is 0 Å². The van der Waals surface area contributed by atoms with Gasteiger partial charge in [-0.05, 0) is 12.8 Å². The van der Waals surface area contributed by atoms with Crippen LogP contribution in [0, 0.1) is 0 Å². The van der Waals surface area contributed by atoms with Crippen molar-refractivity contribution in [2.75, 3.05) is 27.4 Å². The van der Waals surface area contributed by atoms with Crippen molar-refractivity contribution in [3.63, 3.8) is 0 Å². The molecule has 0 aromatic carbocycles. The molecular formula is C9H22N2O4Si. The molecule has 0 spiro atoms. The molecule has 0 aliphatic heterocycles. The fourth-order valence-electron chi connectivity index (χ4n) is 1.25. The molecule has 0 saturated carbocycles. The average molecular weight is 250 g/mol. The lowest BCUT2D eigenvalue weighted by Crippen LogP contribution is -2.44. The second kappa shape index (κ2) is 8.51. The van der Waals surface area contributed by atoms with Crippen molar-refractivity contribution < 1.29 is 18.1 Å². The summed E-state index contributed by atoms with van der Waals surface area (Å²) in [5.74, 6) is 0. The van der Waals surface area contributed by atoms with Gasteiger partial charge in [-0.25, -0.2) is 4.79 Å². The summed E-state index contributed by atoms with van der Waals surface area (Å²) >= 11 is 0. The molecule has 3 N–H and O–H groups in total. The van der Waals surface area contributed by atoms with Crippen LogP contribution in [0.4, 0.5) is 4.79 Å². The summed E-state index contributed by atoms with van der Waals surface area (Å²) in [6.45, 7) is 3.16. The Labute approximate surface area is 97.8 Å². The molecule has 0 bridgehead atoms. The van der Waals surface area contributed by atoms with E-state index in [0.717, 1.165) is 12.8 Å². The minimum atomic E-state index is -2.53. The third-order valence-electron chi connectivity index (χ3n) is 2.11. The molecule has 0 aliphatic carbocycles. The number of hydrogen-bond acceptors (Lipinski definition) is 4. The molecule has 0 fully saturated rings. The van der Waals surface area contributed by atoms with E-state index in [1.165, 1.54) is 0 Å². The van der Waals surface area contributed by atoms with E-state index >= 15 is 0 Å². The summed E-state index contributed by atoms with van der Waals surface area (Å²) < 4.78 is 16.3. The highest BCUT2D eigenvalue weighted by Crippen LogP contribution is 2.15. The summed E-state index contributed by atoms with van der Waals surface area (Å²) in [6.07, 6.45) is 1.64. The van der Waals surface area contributed by atoms with Crippen molar-refractivity contribution >= 4 is 14.8 Å². The normalized spacial score (nSPS) is 11.4. The van der Waals surface area contributed by atoms with Crippen LogP contribution in [0.15, 0.2) is 0 Å². The highest BCUT2D eigenvalue weighted by Gasteiger charge is 2.37. The maximum absolute atomic E-state index is 10.5. The second-order valence-corrected chi connectivity index (χ2v) is 6.31. The van der Waals surface area contributed by atoms with Crippen LogP contribution < -0.4 is 11.1 Å². The molecule has 7 heteroatoms. The SMILES string of the molecule is CCCO[Si](CCCNC(N)=O)(OC)OC. The number of nitrogens with one attached hydrogen (secondary N) is 1. The van der Waals surface area contributed by atoms with E-state index in [-0.39, 0.29) is 0 Å². The standard InChI is InChI=1S/C9H22N2O4Si/c1-4-7-15-16(13-2,14-3)8-5-6-11-9(10)12/h4-8H2,1-3H3,(H3,10,11,12). The molecule has 0 aliphatic rings. The highest BCUT2D eigenvalue weighted by molar-refractivity contribution is 6.60. The largest absolute Gasteiger partial charge is 0.500 e. The van der Waals surface area contributed by atoms with Gasteiger partial charge in [-0.15, -0.1) is 0 Å². The van der Waals surface area contributed by atoms with Gasteiger partial charge in [-0.3, -0.25) is 0 Å². The van der Waals surface area contributed by atoms with Gasteiger partial charge in [0, 0.05) is 33.4 Å². The van der Waals surface area contributed by atoms with Crippen LogP contribution in [0.5, 0.6) is 0 Å². The van der Waals surface area contributed by atoms with Gasteiger partial charge < -0.3 is 24.3 Å². The molecular weight excluding hydrogens is 228 g/mol. The van der Waals surface area contributed by atoms with Crippen LogP contribution in [0.25, 0.3) is 0 Å². The maximum atomic E-state index is 10.5. The predicted octanol–water partition coefficient (Wildman–Crippen LogP) is 0.703. The molecule has 0 unspecified atom stereocenters. The van der Waals surface area contributed by atoms with Crippen LogP contribution in [-0.4, -0.2) is 42.2 Å². The average Bonchev–Trinajstić information content (AvgIpc) is 2.29. The molecule has 96 valence electrons. The first-order valence-corrected chi connectivity index (χ1v) is 7.31. The van der Waals surface area contributed by atoms with Gasteiger partial charge in [-0.1, -0.05) is 6.92 Å². The van der Waals surface area contributed by atoms with Gasteiger partial charge in [0.25, 0.3) is 0 Å². The Hall–Kier alpha value is -0.633. The van der Waals surface area contributed by atoms with E-state index in [0.29, 0.717) is 19.2 Å². The first-order chi connectivity index (χ1) is 7.60. The van der Waals surface area contributed by atoms with E-state index in [2.05, 4.69) is 5.32 Å². The van der Waals surface area contributed by atoms with Gasteiger partial charge in [0.1, 0.15) is 0 Å². The van der Waals surface area contributed by atoms with E-state index in [9.17, 15) is 4.79 Å². The molecule has 6 nitrogen and oxygen atoms in total. The molecule has 0 atom stereocenters. The molecule has 0 radical (unpaired) electrons. The van der Waals surface area contributed by atoms with E-state index in [1.54, 1.807) is 14.2 Å². The molecule has 16 heavy (non-hydrogen) atoms. The number of urea groups is 1. The summed E-state index contributed by atoms with van der Waals surface area (Å²) in [5, 5.41) is 2.52. The van der Waals surface area contributed by atoms with Crippen LogP contribution in [0.2, 0.25) is 6.04 Å². The fourth-order valence-corrected chi connectivity index (χ4v) is 3.33. The molecule has 2 amide bonds. The highest BCUT2D eigenvalue weighted by atomic mass is 28.4. The van der Waals surface area contributed by atoms with Gasteiger partial charge >= 0.3 is 14.8 Å². The lowest BCUT2D eigenvalue weighted by atomic mass is 10.5. The van der Waals surface area contributed by atoms with Crippen LogP contribution >= 0.6 is 0 Å². The number of hydrogen-bond donors (Lipinski definition) is 2. The zero-order valence-corrected chi connectivity index (χ0v) is 11.2. The minimum absolute atomic E-state index is 0.506. The topological polar surface area (TPSA) is 82.8 Å². The van der Waals surface area contributed by atoms with Crippen molar-refractivity contribution in [2.45, 2.75) is 25.8 Å². The zero-order valence-electron chi connectivity index (χ0n) is 10.2. The van der Waals surface area contributed by atoms with Gasteiger partial charge in [-0.2, -0.15) is 0 Å². The maximum Gasteiger partial charge on any atom is 0.500 e. The molecule has 0 saturated heterocycles. The fraction of sp³-hybridized carbons (Fsp3) is 0.889. The van der Waals surface area contributed by atoms with E-state index < -0.39 is 14.8 Å². The molecule has 0 aromatic rings. The Morgan fingerprint density at radius 3 is 2.44 bits per heavy atom. The summed E-state index contributed by atoms with van der Waals surface area (Å²) in [5.41, 5.74) is 4.96. The van der Waals surface area contributed by atoms with Crippen molar-refractivity contribution in [2.24, 2.45) is 5.73 Å². The van der Waals surface area contributed by atoms with Crippen LogP contribution in [0.1, 0.15) is 19.8 Å². The predicted molar refractivity (Wildman–Crippen MR) is 63.0 cm³/mol. The van der Waals surface area contributed by atoms with Crippen LogP contribution in [-0.2, 0) is 13.3 Å². The molecule has 0 heterocycles. The minimum Gasteiger partial charge on any atom is -0.377 e. The van der Waals surface area contributed by atoms with E-state index in [4.69, 9.17) is 19.0 Å². The first kappa shape index (κ1) is 15.4. The van der Waals surface area contributed by atoms with Crippen molar-refractivity contribution in [1.29, 1.82) is 0 Å². The number of amides is 2. The number of primary amides is 1. The Kier molecular flexibility index (Phi) is 8.17. The number of nitrogens with two attached hydrogens (primary N) is 1. The van der Waals surface area contributed by atoms with Gasteiger partial charge in [0.15, 0.2) is 0 Å². The zero-order chi connectivity index (χ0) is 12.4. The Balaban J connectivity index is 3.95. The summed E-state index contributed by atoms with van der Waals surface area (Å²) in [4.78, 5) is 10.5. The molecule has 0 aromatic heterocycles.